The van der Waals surface area contributed by atoms with E-state index in [0.29, 0.717) is 26.3 Å². The van der Waals surface area contributed by atoms with Gasteiger partial charge in [0.05, 0.1) is 19.8 Å². The summed E-state index contributed by atoms with van der Waals surface area (Å²) >= 11 is 0. The summed E-state index contributed by atoms with van der Waals surface area (Å²) in [5.41, 5.74) is 5.60. The minimum Gasteiger partial charge on any atom is -0.378 e. The molecule has 1 amide bonds. The van der Waals surface area contributed by atoms with Crippen LogP contribution in [0.15, 0.2) is 0 Å². The molecule has 2 heterocycles. The van der Waals surface area contributed by atoms with Crippen LogP contribution in [-0.4, -0.2) is 92.7 Å². The highest BCUT2D eigenvalue weighted by Gasteiger charge is 2.21. The molecule has 2 rings (SSSR count). The fourth-order valence-electron chi connectivity index (χ4n) is 2.69. The first-order chi connectivity index (χ1) is 9.29. The molecule has 0 bridgehead atoms. The summed E-state index contributed by atoms with van der Waals surface area (Å²) in [4.78, 5) is 18.8. The van der Waals surface area contributed by atoms with Gasteiger partial charge in [-0.25, -0.2) is 0 Å². The molecule has 0 spiro atoms. The van der Waals surface area contributed by atoms with Crippen molar-refractivity contribution in [2.45, 2.75) is 6.42 Å². The van der Waals surface area contributed by atoms with E-state index in [2.05, 4.69) is 9.80 Å². The van der Waals surface area contributed by atoms with Crippen molar-refractivity contribution in [3.63, 3.8) is 0 Å². The lowest BCUT2D eigenvalue weighted by molar-refractivity contribution is -0.136. The molecule has 0 aromatic rings. The van der Waals surface area contributed by atoms with E-state index in [1.165, 1.54) is 0 Å². The van der Waals surface area contributed by atoms with Crippen LogP contribution in [-0.2, 0) is 9.53 Å². The van der Waals surface area contributed by atoms with Crippen molar-refractivity contribution in [3.05, 3.63) is 0 Å². The number of carbonyl (C=O) groups is 1. The van der Waals surface area contributed by atoms with E-state index in [1.807, 2.05) is 4.90 Å². The van der Waals surface area contributed by atoms with Gasteiger partial charge in [0.2, 0.25) is 5.91 Å². The Kier molecular flexibility index (Phi) is 6.03. The third-order valence-electron chi connectivity index (χ3n) is 3.85. The van der Waals surface area contributed by atoms with E-state index in [1.54, 1.807) is 0 Å². The summed E-state index contributed by atoms with van der Waals surface area (Å²) in [6.45, 7) is 9.17. The molecule has 6 heteroatoms. The molecule has 0 radical (unpaired) electrons. The fraction of sp³-hybridized carbons (Fsp3) is 0.923. The number of carbonyl (C=O) groups excluding carboxylic acids is 1. The van der Waals surface area contributed by atoms with Crippen molar-refractivity contribution >= 4 is 5.91 Å². The van der Waals surface area contributed by atoms with E-state index >= 15 is 0 Å². The van der Waals surface area contributed by atoms with Crippen molar-refractivity contribution in [1.82, 2.24) is 14.7 Å². The first-order valence-corrected chi connectivity index (χ1v) is 7.30. The third-order valence-corrected chi connectivity index (χ3v) is 3.85. The zero-order valence-electron chi connectivity index (χ0n) is 11.7. The molecule has 0 aromatic carbocycles. The van der Waals surface area contributed by atoms with E-state index < -0.39 is 0 Å². The topological polar surface area (TPSA) is 62.0 Å². The third kappa shape index (κ3) is 4.72. The van der Waals surface area contributed by atoms with Gasteiger partial charge in [-0.3, -0.25) is 9.69 Å². The molecule has 2 saturated heterocycles. The fourth-order valence-corrected chi connectivity index (χ4v) is 2.69. The lowest BCUT2D eigenvalue weighted by Crippen LogP contribution is -2.46. The van der Waals surface area contributed by atoms with Crippen LogP contribution >= 0.6 is 0 Å². The maximum atomic E-state index is 12.2. The zero-order chi connectivity index (χ0) is 13.5. The molecule has 2 aliphatic heterocycles. The maximum Gasteiger partial charge on any atom is 0.236 e. The van der Waals surface area contributed by atoms with Gasteiger partial charge in [0, 0.05) is 39.3 Å². The number of ether oxygens (including phenoxy) is 1. The molecule has 0 atom stereocenters. The zero-order valence-corrected chi connectivity index (χ0v) is 11.7. The normalized spacial score (nSPS) is 23.3. The Morgan fingerprint density at radius 3 is 2.42 bits per heavy atom. The Hall–Kier alpha value is -0.690. The van der Waals surface area contributed by atoms with Crippen molar-refractivity contribution in [1.29, 1.82) is 0 Å². The number of hydrogen-bond acceptors (Lipinski definition) is 5. The summed E-state index contributed by atoms with van der Waals surface area (Å²) in [6.07, 6.45) is 1.12. The Balaban J connectivity index is 1.74. The van der Waals surface area contributed by atoms with Crippen molar-refractivity contribution in [2.75, 3.05) is 72.1 Å². The molecule has 0 saturated carbocycles. The molecule has 2 N–H and O–H groups in total. The Labute approximate surface area is 115 Å². The summed E-state index contributed by atoms with van der Waals surface area (Å²) in [5.74, 6) is 0.246. The molecular formula is C13H26N4O2. The van der Waals surface area contributed by atoms with Crippen LogP contribution in [0.25, 0.3) is 0 Å². The van der Waals surface area contributed by atoms with Crippen LogP contribution in [0, 0.1) is 0 Å². The number of nitrogens with zero attached hydrogens (tertiary/aromatic N) is 3. The highest BCUT2D eigenvalue weighted by atomic mass is 16.5. The van der Waals surface area contributed by atoms with Crippen molar-refractivity contribution < 1.29 is 9.53 Å². The van der Waals surface area contributed by atoms with E-state index in [-0.39, 0.29) is 5.91 Å². The average molecular weight is 270 g/mol. The Morgan fingerprint density at radius 2 is 1.68 bits per heavy atom. The van der Waals surface area contributed by atoms with E-state index in [9.17, 15) is 4.79 Å². The highest BCUT2D eigenvalue weighted by molar-refractivity contribution is 5.78. The van der Waals surface area contributed by atoms with Gasteiger partial charge in [-0.2, -0.15) is 0 Å². The number of hydrogen-bond donors (Lipinski definition) is 1. The molecule has 110 valence electrons. The Bertz CT molecular complexity index is 282. The van der Waals surface area contributed by atoms with Gasteiger partial charge >= 0.3 is 0 Å². The predicted molar refractivity (Wildman–Crippen MR) is 74.0 cm³/mol. The first-order valence-electron chi connectivity index (χ1n) is 7.30. The summed E-state index contributed by atoms with van der Waals surface area (Å²) in [7, 11) is 0. The van der Waals surface area contributed by atoms with Crippen LogP contribution < -0.4 is 5.73 Å². The second kappa shape index (κ2) is 7.79. The number of morpholine rings is 1. The summed E-state index contributed by atoms with van der Waals surface area (Å²) < 4.78 is 5.27. The minimum absolute atomic E-state index is 0.246. The van der Waals surface area contributed by atoms with Crippen molar-refractivity contribution in [2.24, 2.45) is 5.73 Å². The molecule has 2 fully saturated rings. The van der Waals surface area contributed by atoms with Crippen LogP contribution in [0.3, 0.4) is 0 Å². The average Bonchev–Trinajstić information content (AvgIpc) is 2.66. The largest absolute Gasteiger partial charge is 0.378 e. The lowest BCUT2D eigenvalue weighted by atomic mass is 10.3. The highest BCUT2D eigenvalue weighted by Crippen LogP contribution is 2.04. The Morgan fingerprint density at radius 1 is 1.00 bits per heavy atom. The lowest BCUT2D eigenvalue weighted by Gasteiger charge is -2.29. The number of amides is 1. The minimum atomic E-state index is 0.246. The summed E-state index contributed by atoms with van der Waals surface area (Å²) in [6, 6.07) is 0. The number of rotatable bonds is 4. The van der Waals surface area contributed by atoms with Gasteiger partial charge in [-0.1, -0.05) is 0 Å². The van der Waals surface area contributed by atoms with Gasteiger partial charge in [-0.05, 0) is 19.5 Å². The van der Waals surface area contributed by atoms with Crippen molar-refractivity contribution in [3.8, 4) is 0 Å². The van der Waals surface area contributed by atoms with Gasteiger partial charge in [0.1, 0.15) is 0 Å². The van der Waals surface area contributed by atoms with Gasteiger partial charge < -0.3 is 20.3 Å². The molecule has 0 aliphatic carbocycles. The number of nitrogens with two attached hydrogens (primary N) is 1. The van der Waals surface area contributed by atoms with E-state index in [0.717, 1.165) is 52.2 Å². The molecule has 0 unspecified atom stereocenters. The standard InChI is InChI=1S/C13H26N4O2/c14-2-5-15-3-1-4-16(7-6-15)12-13(18)17-8-10-19-11-9-17/h1-12,14H2. The smallest absolute Gasteiger partial charge is 0.236 e. The van der Waals surface area contributed by atoms with Gasteiger partial charge in [-0.15, -0.1) is 0 Å². The van der Waals surface area contributed by atoms with Gasteiger partial charge in [0.15, 0.2) is 0 Å². The molecule has 0 aromatic heterocycles. The SMILES string of the molecule is NCCN1CCCN(CC(=O)N2CCOCC2)CC1. The molecule has 19 heavy (non-hydrogen) atoms. The second-order valence-electron chi connectivity index (χ2n) is 5.25. The first kappa shape index (κ1) is 14.7. The van der Waals surface area contributed by atoms with Gasteiger partial charge in [0.25, 0.3) is 0 Å². The molecular weight excluding hydrogens is 244 g/mol. The van der Waals surface area contributed by atoms with Crippen LogP contribution in [0.1, 0.15) is 6.42 Å². The van der Waals surface area contributed by atoms with E-state index in [4.69, 9.17) is 10.5 Å². The summed E-state index contributed by atoms with van der Waals surface area (Å²) in [5, 5.41) is 0. The predicted octanol–water partition coefficient (Wildman–Crippen LogP) is -1.19. The maximum absolute atomic E-state index is 12.2. The second-order valence-corrected chi connectivity index (χ2v) is 5.25. The molecule has 6 nitrogen and oxygen atoms in total. The van der Waals surface area contributed by atoms with Crippen LogP contribution in [0.2, 0.25) is 0 Å². The van der Waals surface area contributed by atoms with Crippen LogP contribution in [0.4, 0.5) is 0 Å². The van der Waals surface area contributed by atoms with Crippen LogP contribution in [0.5, 0.6) is 0 Å². The molecule has 2 aliphatic rings. The quantitative estimate of drug-likeness (QED) is 0.696. The monoisotopic (exact) mass is 270 g/mol.